The highest BCUT2D eigenvalue weighted by atomic mass is 32.2. The maximum absolute atomic E-state index is 13.4. The molecule has 5 nitrogen and oxygen atoms in total. The molecule has 0 radical (unpaired) electrons. The maximum atomic E-state index is 13.4. The molecule has 20 heavy (non-hydrogen) atoms. The van der Waals surface area contributed by atoms with E-state index in [9.17, 15) is 12.8 Å². The Morgan fingerprint density at radius 1 is 1.50 bits per heavy atom. The summed E-state index contributed by atoms with van der Waals surface area (Å²) in [6, 6.07) is 4.28. The van der Waals surface area contributed by atoms with Crippen molar-refractivity contribution in [3.05, 3.63) is 29.6 Å². The zero-order valence-corrected chi connectivity index (χ0v) is 12.2. The highest BCUT2D eigenvalue weighted by Gasteiger charge is 2.28. The molecule has 7 heteroatoms. The third-order valence-corrected chi connectivity index (χ3v) is 5.08. The third kappa shape index (κ3) is 3.28. The largest absolute Gasteiger partial charge is 0.396 e. The molecule has 1 unspecified atom stereocenters. The molecule has 0 amide bonds. The predicted molar refractivity (Wildman–Crippen MR) is 75.1 cm³/mol. The first-order valence-electron chi connectivity index (χ1n) is 6.58. The smallest absolute Gasteiger partial charge is 0.301 e. The lowest BCUT2D eigenvalue weighted by molar-refractivity contribution is 0.166. The van der Waals surface area contributed by atoms with E-state index in [0.717, 1.165) is 6.42 Å². The Morgan fingerprint density at radius 2 is 2.25 bits per heavy atom. The first-order valence-corrected chi connectivity index (χ1v) is 8.02. The summed E-state index contributed by atoms with van der Waals surface area (Å²) >= 11 is 0. The minimum atomic E-state index is -3.71. The van der Waals surface area contributed by atoms with Crippen molar-refractivity contribution in [2.75, 3.05) is 24.4 Å². The van der Waals surface area contributed by atoms with Gasteiger partial charge in [-0.1, -0.05) is 6.07 Å². The van der Waals surface area contributed by atoms with Gasteiger partial charge in [-0.3, -0.25) is 4.72 Å². The molecule has 1 aromatic rings. The molecule has 0 saturated carbocycles. The zero-order chi connectivity index (χ0) is 14.8. The number of aliphatic hydroxyl groups excluding tert-OH is 1. The number of nitrogens with one attached hydrogen (secondary N) is 1. The van der Waals surface area contributed by atoms with Gasteiger partial charge in [-0.2, -0.15) is 12.7 Å². The summed E-state index contributed by atoms with van der Waals surface area (Å²) in [6.07, 6.45) is 1.54. The molecule has 1 aliphatic rings. The standard InChI is InChI=1S/C13H19FN2O3S/c1-10-12(14)5-2-6-13(10)15-20(18,19)16-7-3-4-11(8-16)9-17/h2,5-6,11,15,17H,3-4,7-9H2,1H3. The van der Waals surface area contributed by atoms with E-state index in [1.165, 1.54) is 29.4 Å². The van der Waals surface area contributed by atoms with Crippen molar-refractivity contribution in [2.45, 2.75) is 19.8 Å². The summed E-state index contributed by atoms with van der Waals surface area (Å²) in [6.45, 7) is 2.21. The van der Waals surface area contributed by atoms with E-state index in [0.29, 0.717) is 19.5 Å². The number of aliphatic hydroxyl groups is 1. The summed E-state index contributed by atoms with van der Waals surface area (Å²) in [5, 5.41) is 9.15. The first kappa shape index (κ1) is 15.2. The minimum absolute atomic E-state index is 0.0228. The lowest BCUT2D eigenvalue weighted by atomic mass is 10.0. The van der Waals surface area contributed by atoms with E-state index in [1.807, 2.05) is 0 Å². The Labute approximate surface area is 118 Å². The van der Waals surface area contributed by atoms with Crippen LogP contribution in [0, 0.1) is 18.7 Å². The fraction of sp³-hybridized carbons (Fsp3) is 0.538. The molecule has 0 spiro atoms. The second kappa shape index (κ2) is 6.07. The van der Waals surface area contributed by atoms with Gasteiger partial charge >= 0.3 is 10.2 Å². The average molecular weight is 302 g/mol. The van der Waals surface area contributed by atoms with Gasteiger partial charge in [-0.15, -0.1) is 0 Å². The van der Waals surface area contributed by atoms with Gasteiger partial charge < -0.3 is 5.11 Å². The lowest BCUT2D eigenvalue weighted by Gasteiger charge is -2.31. The monoisotopic (exact) mass is 302 g/mol. The van der Waals surface area contributed by atoms with E-state index in [4.69, 9.17) is 5.11 Å². The van der Waals surface area contributed by atoms with Crippen LogP contribution < -0.4 is 4.72 Å². The second-order valence-corrected chi connectivity index (χ2v) is 6.74. The van der Waals surface area contributed by atoms with Gasteiger partial charge in [0.05, 0.1) is 5.69 Å². The van der Waals surface area contributed by atoms with Gasteiger partial charge in [0.25, 0.3) is 0 Å². The van der Waals surface area contributed by atoms with Crippen LogP contribution in [0.1, 0.15) is 18.4 Å². The number of nitrogens with zero attached hydrogens (tertiary/aromatic N) is 1. The molecule has 0 aliphatic carbocycles. The molecule has 1 heterocycles. The van der Waals surface area contributed by atoms with Gasteiger partial charge in [0.2, 0.25) is 0 Å². The molecule has 1 aliphatic heterocycles. The molecule has 0 aromatic heterocycles. The Hall–Kier alpha value is -1.18. The van der Waals surface area contributed by atoms with Crippen molar-refractivity contribution in [1.82, 2.24) is 4.31 Å². The molecule has 1 fully saturated rings. The highest BCUT2D eigenvalue weighted by molar-refractivity contribution is 7.90. The summed E-state index contributed by atoms with van der Waals surface area (Å²) in [5.74, 6) is -0.481. The second-order valence-electron chi connectivity index (χ2n) is 5.07. The lowest BCUT2D eigenvalue weighted by Crippen LogP contribution is -2.43. The van der Waals surface area contributed by atoms with Crippen LogP contribution in [0.15, 0.2) is 18.2 Å². The van der Waals surface area contributed by atoms with Crippen LogP contribution in [0.4, 0.5) is 10.1 Å². The van der Waals surface area contributed by atoms with Crippen LogP contribution in [0.3, 0.4) is 0 Å². The highest BCUT2D eigenvalue weighted by Crippen LogP contribution is 2.23. The number of hydrogen-bond acceptors (Lipinski definition) is 3. The predicted octanol–water partition coefficient (Wildman–Crippen LogP) is 1.50. The zero-order valence-electron chi connectivity index (χ0n) is 11.3. The number of benzene rings is 1. The molecule has 1 saturated heterocycles. The van der Waals surface area contributed by atoms with Crippen molar-refractivity contribution in [3.63, 3.8) is 0 Å². The fourth-order valence-electron chi connectivity index (χ4n) is 2.32. The van der Waals surface area contributed by atoms with Gasteiger partial charge in [-0.25, -0.2) is 4.39 Å². The van der Waals surface area contributed by atoms with E-state index >= 15 is 0 Å². The number of anilines is 1. The molecule has 2 N–H and O–H groups in total. The van der Waals surface area contributed by atoms with Crippen LogP contribution >= 0.6 is 0 Å². The van der Waals surface area contributed by atoms with Crippen LogP contribution in [-0.2, 0) is 10.2 Å². The van der Waals surface area contributed by atoms with Gasteiger partial charge in [0, 0.05) is 25.3 Å². The number of halogens is 1. The van der Waals surface area contributed by atoms with Gasteiger partial charge in [0.15, 0.2) is 0 Å². The Kier molecular flexibility index (Phi) is 4.62. The number of hydrogen-bond donors (Lipinski definition) is 2. The first-order chi connectivity index (χ1) is 9.44. The van der Waals surface area contributed by atoms with Gasteiger partial charge in [0.1, 0.15) is 5.82 Å². The van der Waals surface area contributed by atoms with Crippen LogP contribution in [0.25, 0.3) is 0 Å². The molecule has 112 valence electrons. The van der Waals surface area contributed by atoms with Crippen LogP contribution in [-0.4, -0.2) is 37.5 Å². The summed E-state index contributed by atoms with van der Waals surface area (Å²) < 4.78 is 41.7. The molecular weight excluding hydrogens is 283 g/mol. The Bertz CT molecular complexity index is 577. The van der Waals surface area contributed by atoms with E-state index in [1.54, 1.807) is 0 Å². The van der Waals surface area contributed by atoms with E-state index in [-0.39, 0.29) is 23.8 Å². The fourth-order valence-corrected chi connectivity index (χ4v) is 3.72. The molecule has 2 rings (SSSR count). The molecule has 1 atom stereocenters. The summed E-state index contributed by atoms with van der Waals surface area (Å²) in [7, 11) is -3.71. The Balaban J connectivity index is 2.16. The van der Waals surface area contributed by atoms with Crippen molar-refractivity contribution < 1.29 is 17.9 Å². The quantitative estimate of drug-likeness (QED) is 0.885. The van der Waals surface area contributed by atoms with Crippen molar-refractivity contribution in [3.8, 4) is 0 Å². The van der Waals surface area contributed by atoms with Gasteiger partial charge in [-0.05, 0) is 37.8 Å². The van der Waals surface area contributed by atoms with E-state index < -0.39 is 16.0 Å². The normalized spacial score (nSPS) is 20.9. The average Bonchev–Trinajstić information content (AvgIpc) is 2.44. The molecule has 1 aromatic carbocycles. The van der Waals surface area contributed by atoms with Crippen molar-refractivity contribution >= 4 is 15.9 Å². The van der Waals surface area contributed by atoms with E-state index in [2.05, 4.69) is 4.72 Å². The summed E-state index contributed by atoms with van der Waals surface area (Å²) in [4.78, 5) is 0. The summed E-state index contributed by atoms with van der Waals surface area (Å²) in [5.41, 5.74) is 0.517. The third-order valence-electron chi connectivity index (χ3n) is 3.59. The number of rotatable bonds is 4. The minimum Gasteiger partial charge on any atom is -0.396 e. The van der Waals surface area contributed by atoms with Crippen molar-refractivity contribution in [1.29, 1.82) is 0 Å². The van der Waals surface area contributed by atoms with Crippen molar-refractivity contribution in [2.24, 2.45) is 5.92 Å². The molecule has 0 bridgehead atoms. The van der Waals surface area contributed by atoms with Crippen LogP contribution in [0.5, 0.6) is 0 Å². The number of piperidine rings is 1. The van der Waals surface area contributed by atoms with Crippen LogP contribution in [0.2, 0.25) is 0 Å². The maximum Gasteiger partial charge on any atom is 0.301 e. The SMILES string of the molecule is Cc1c(F)cccc1NS(=O)(=O)N1CCCC(CO)C1. The molecular formula is C13H19FN2O3S. The topological polar surface area (TPSA) is 69.6 Å². The Morgan fingerprint density at radius 3 is 2.95 bits per heavy atom.